The molecular formula is C10H17N2. The van der Waals surface area contributed by atoms with E-state index in [0.29, 0.717) is 0 Å². The van der Waals surface area contributed by atoms with Gasteiger partial charge in [-0.3, -0.25) is 0 Å². The van der Waals surface area contributed by atoms with E-state index in [1.807, 2.05) is 6.20 Å². The van der Waals surface area contributed by atoms with Gasteiger partial charge in [-0.25, -0.2) is 0 Å². The van der Waals surface area contributed by atoms with Crippen molar-refractivity contribution in [2.45, 2.75) is 26.7 Å². The summed E-state index contributed by atoms with van der Waals surface area (Å²) in [6.45, 7) is 6.66. The molecule has 0 aromatic carbocycles. The van der Waals surface area contributed by atoms with Crippen LogP contribution in [0.2, 0.25) is 0 Å². The second kappa shape index (κ2) is 4.86. The van der Waals surface area contributed by atoms with Crippen LogP contribution in [0.15, 0.2) is 12.3 Å². The largest absolute Gasteiger partial charge is 0.370 e. The summed E-state index contributed by atoms with van der Waals surface area (Å²) in [6, 6.07) is 2.07. The van der Waals surface area contributed by atoms with Gasteiger partial charge in [-0.1, -0.05) is 13.8 Å². The van der Waals surface area contributed by atoms with Gasteiger partial charge in [0.1, 0.15) is 0 Å². The molecule has 0 aliphatic heterocycles. The maximum absolute atomic E-state index is 3.11. The van der Waals surface area contributed by atoms with Gasteiger partial charge in [0.15, 0.2) is 0 Å². The first-order chi connectivity index (χ1) is 5.88. The van der Waals surface area contributed by atoms with Crippen molar-refractivity contribution in [1.29, 1.82) is 0 Å². The molecule has 1 heterocycles. The Morgan fingerprint density at radius 3 is 2.42 bits per heavy atom. The summed E-state index contributed by atoms with van der Waals surface area (Å²) in [6.07, 6.45) is 7.42. The van der Waals surface area contributed by atoms with Gasteiger partial charge in [-0.2, -0.15) is 0 Å². The van der Waals surface area contributed by atoms with Gasteiger partial charge < -0.3 is 9.88 Å². The minimum absolute atomic E-state index is 1.13. The number of nitrogens with one attached hydrogen (secondary N) is 1. The highest BCUT2D eigenvalue weighted by Gasteiger charge is 2.03. The zero-order valence-electron chi connectivity index (χ0n) is 7.93. The van der Waals surface area contributed by atoms with E-state index in [9.17, 15) is 0 Å². The highest BCUT2D eigenvalue weighted by Crippen LogP contribution is 2.12. The number of rotatable bonds is 5. The summed E-state index contributed by atoms with van der Waals surface area (Å²) in [5.74, 6) is 0. The lowest BCUT2D eigenvalue weighted by atomic mass is 10.3. The molecule has 1 aromatic rings. The second-order valence-electron chi connectivity index (χ2n) is 2.97. The Bertz CT molecular complexity index is 186. The van der Waals surface area contributed by atoms with Crippen LogP contribution in [0.25, 0.3) is 0 Å². The minimum Gasteiger partial charge on any atom is -0.370 e. The van der Waals surface area contributed by atoms with Crippen LogP contribution >= 0.6 is 0 Å². The summed E-state index contributed by atoms with van der Waals surface area (Å²) < 4.78 is 0. The van der Waals surface area contributed by atoms with Crippen LogP contribution in [0.4, 0.5) is 5.69 Å². The van der Waals surface area contributed by atoms with Gasteiger partial charge in [0.2, 0.25) is 0 Å². The Labute approximate surface area is 74.6 Å². The van der Waals surface area contributed by atoms with Gasteiger partial charge in [-0.15, -0.1) is 0 Å². The van der Waals surface area contributed by atoms with E-state index in [-0.39, 0.29) is 0 Å². The van der Waals surface area contributed by atoms with E-state index in [1.54, 1.807) is 0 Å². The molecule has 0 atom stereocenters. The maximum Gasteiger partial charge on any atom is 0.0878 e. The quantitative estimate of drug-likeness (QED) is 0.710. The molecule has 0 aliphatic rings. The number of H-pyrrole nitrogens is 1. The molecule has 2 nitrogen and oxygen atoms in total. The van der Waals surface area contributed by atoms with Crippen molar-refractivity contribution in [3.8, 4) is 0 Å². The Morgan fingerprint density at radius 2 is 2.00 bits per heavy atom. The smallest absolute Gasteiger partial charge is 0.0878 e. The van der Waals surface area contributed by atoms with Gasteiger partial charge in [0.25, 0.3) is 0 Å². The van der Waals surface area contributed by atoms with Crippen LogP contribution < -0.4 is 4.90 Å². The van der Waals surface area contributed by atoms with Crippen LogP contribution in [-0.4, -0.2) is 18.1 Å². The van der Waals surface area contributed by atoms with E-state index >= 15 is 0 Å². The number of anilines is 1. The molecule has 67 valence electrons. The fourth-order valence-electron chi connectivity index (χ4n) is 1.35. The first-order valence-electron chi connectivity index (χ1n) is 4.68. The first kappa shape index (κ1) is 9.17. The predicted octanol–water partition coefficient (Wildman–Crippen LogP) is 2.44. The standard InChI is InChI=1S/C10H17N2/c1-3-7-12(8-4-2)10-5-6-11-9-10/h5-6,11H,3-4,7-8H2,1-2H3. The van der Waals surface area contributed by atoms with Crippen molar-refractivity contribution in [3.63, 3.8) is 0 Å². The summed E-state index contributed by atoms with van der Waals surface area (Å²) in [5.41, 5.74) is 1.19. The number of aromatic amines is 1. The molecule has 0 fully saturated rings. The molecule has 1 aromatic heterocycles. The zero-order chi connectivity index (χ0) is 8.81. The third kappa shape index (κ3) is 2.29. The van der Waals surface area contributed by atoms with Crippen LogP contribution in [-0.2, 0) is 0 Å². The van der Waals surface area contributed by atoms with E-state index in [4.69, 9.17) is 0 Å². The fourth-order valence-corrected chi connectivity index (χ4v) is 1.35. The lowest BCUT2D eigenvalue weighted by molar-refractivity contribution is 0.745. The Balaban J connectivity index is 2.53. The summed E-state index contributed by atoms with van der Waals surface area (Å²) in [7, 11) is 0. The molecule has 12 heavy (non-hydrogen) atoms. The van der Waals surface area contributed by atoms with Gasteiger partial charge >= 0.3 is 0 Å². The van der Waals surface area contributed by atoms with Crippen molar-refractivity contribution in [2.24, 2.45) is 0 Å². The van der Waals surface area contributed by atoms with Crippen LogP contribution in [0.5, 0.6) is 0 Å². The maximum atomic E-state index is 3.11. The Kier molecular flexibility index (Phi) is 3.71. The Morgan fingerprint density at radius 1 is 1.33 bits per heavy atom. The normalized spacial score (nSPS) is 10.2. The lowest BCUT2D eigenvalue weighted by Gasteiger charge is -2.21. The molecule has 1 rings (SSSR count). The topological polar surface area (TPSA) is 19.0 Å². The molecule has 0 saturated carbocycles. The molecule has 0 amide bonds. The third-order valence-corrected chi connectivity index (χ3v) is 1.85. The van der Waals surface area contributed by atoms with E-state index in [0.717, 1.165) is 13.1 Å². The van der Waals surface area contributed by atoms with Crippen molar-refractivity contribution < 1.29 is 0 Å². The zero-order valence-corrected chi connectivity index (χ0v) is 7.93. The monoisotopic (exact) mass is 165 g/mol. The average Bonchev–Trinajstić information content (AvgIpc) is 2.56. The highest BCUT2D eigenvalue weighted by molar-refractivity contribution is 5.42. The van der Waals surface area contributed by atoms with Crippen LogP contribution in [0.1, 0.15) is 26.7 Å². The van der Waals surface area contributed by atoms with Crippen molar-refractivity contribution in [2.75, 3.05) is 18.0 Å². The van der Waals surface area contributed by atoms with Gasteiger partial charge in [-0.05, 0) is 18.9 Å². The number of hydrogen-bond donors (Lipinski definition) is 1. The first-order valence-corrected chi connectivity index (χ1v) is 4.68. The second-order valence-corrected chi connectivity index (χ2v) is 2.97. The molecule has 1 N–H and O–H groups in total. The SMILES string of the molecule is CCCN(CCC)c1[c][nH]cc1. The van der Waals surface area contributed by atoms with Crippen molar-refractivity contribution in [3.05, 3.63) is 18.5 Å². The fraction of sp³-hybridized carbons (Fsp3) is 0.600. The molecule has 0 bridgehead atoms. The summed E-state index contributed by atoms with van der Waals surface area (Å²) in [5, 5.41) is 0. The lowest BCUT2D eigenvalue weighted by Crippen LogP contribution is -2.24. The molecule has 0 spiro atoms. The van der Waals surface area contributed by atoms with Gasteiger partial charge in [0, 0.05) is 19.3 Å². The number of nitrogens with zero attached hydrogens (tertiary/aromatic N) is 1. The van der Waals surface area contributed by atoms with Crippen molar-refractivity contribution in [1.82, 2.24) is 4.98 Å². The number of aromatic nitrogens is 1. The van der Waals surface area contributed by atoms with E-state index < -0.39 is 0 Å². The minimum atomic E-state index is 1.13. The summed E-state index contributed by atoms with van der Waals surface area (Å²) >= 11 is 0. The molecule has 0 aliphatic carbocycles. The third-order valence-electron chi connectivity index (χ3n) is 1.85. The van der Waals surface area contributed by atoms with E-state index in [2.05, 4.69) is 36.0 Å². The Hall–Kier alpha value is -0.920. The van der Waals surface area contributed by atoms with E-state index in [1.165, 1.54) is 18.5 Å². The van der Waals surface area contributed by atoms with Crippen LogP contribution in [0.3, 0.4) is 0 Å². The van der Waals surface area contributed by atoms with Gasteiger partial charge in [0.05, 0.1) is 11.9 Å². The molecule has 1 radical (unpaired) electrons. The molecular weight excluding hydrogens is 148 g/mol. The predicted molar refractivity (Wildman–Crippen MR) is 52.4 cm³/mol. The highest BCUT2D eigenvalue weighted by atomic mass is 15.1. The molecule has 0 saturated heterocycles. The summed E-state index contributed by atoms with van der Waals surface area (Å²) in [4.78, 5) is 5.32. The van der Waals surface area contributed by atoms with Crippen molar-refractivity contribution >= 4 is 5.69 Å². The molecule has 2 heteroatoms. The number of hydrogen-bond acceptors (Lipinski definition) is 1. The molecule has 0 unspecified atom stereocenters. The van der Waals surface area contributed by atoms with Crippen LogP contribution in [0, 0.1) is 6.20 Å². The average molecular weight is 165 g/mol.